The first-order chi connectivity index (χ1) is 6.27. The lowest BCUT2D eigenvalue weighted by molar-refractivity contribution is 0.602. The Morgan fingerprint density at radius 3 is 2.69 bits per heavy atom. The van der Waals surface area contributed by atoms with Crippen LogP contribution in [-0.2, 0) is 0 Å². The molecule has 0 amide bonds. The Labute approximate surface area is 73.2 Å². The Hall–Kier alpha value is -1.71. The van der Waals surface area contributed by atoms with Crippen LogP contribution in [0.25, 0.3) is 11.3 Å². The van der Waals surface area contributed by atoms with Gasteiger partial charge in [0.05, 0.1) is 5.69 Å². The van der Waals surface area contributed by atoms with E-state index in [2.05, 4.69) is 10.2 Å². The van der Waals surface area contributed by atoms with Crippen molar-refractivity contribution in [1.82, 2.24) is 10.2 Å². The lowest BCUT2D eigenvalue weighted by Gasteiger charge is -1.98. The third-order valence-electron chi connectivity index (χ3n) is 1.72. The molecule has 0 saturated carbocycles. The lowest BCUT2D eigenvalue weighted by atomic mass is 10.1. The second kappa shape index (κ2) is 2.97. The largest absolute Gasteiger partial charge is 0.278 e. The van der Waals surface area contributed by atoms with E-state index < -0.39 is 11.6 Å². The number of H-pyrrole nitrogens is 1. The molecule has 0 unspecified atom stereocenters. The topological polar surface area (TPSA) is 28.7 Å². The van der Waals surface area contributed by atoms with Crippen LogP contribution in [0.3, 0.4) is 0 Å². The number of aromatic amines is 1. The molecular weight excluding hydrogens is 174 g/mol. The van der Waals surface area contributed by atoms with Crippen LogP contribution in [0.4, 0.5) is 8.78 Å². The summed E-state index contributed by atoms with van der Waals surface area (Å²) in [5.41, 5.74) is 0.662. The Bertz CT molecular complexity index is 410. The van der Waals surface area contributed by atoms with Crippen molar-refractivity contribution >= 4 is 0 Å². The molecule has 0 fully saturated rings. The maximum absolute atomic E-state index is 13.1. The average molecular weight is 180 g/mol. The fourth-order valence-corrected chi connectivity index (χ4v) is 1.11. The van der Waals surface area contributed by atoms with E-state index in [-0.39, 0.29) is 5.56 Å². The Morgan fingerprint density at radius 1 is 1.15 bits per heavy atom. The van der Waals surface area contributed by atoms with Crippen molar-refractivity contribution in [2.45, 2.75) is 0 Å². The fraction of sp³-hybridized carbons (Fsp3) is 0. The van der Waals surface area contributed by atoms with E-state index in [1.807, 2.05) is 0 Å². The van der Waals surface area contributed by atoms with E-state index in [9.17, 15) is 8.78 Å². The van der Waals surface area contributed by atoms with E-state index in [1.54, 1.807) is 6.07 Å². The minimum Gasteiger partial charge on any atom is -0.278 e. The van der Waals surface area contributed by atoms with Crippen LogP contribution in [0, 0.1) is 11.6 Å². The van der Waals surface area contributed by atoms with Crippen LogP contribution in [0.15, 0.2) is 30.5 Å². The molecule has 1 heterocycles. The molecular formula is C9H6F2N2. The first-order valence-corrected chi connectivity index (χ1v) is 3.72. The summed E-state index contributed by atoms with van der Waals surface area (Å²) >= 11 is 0. The van der Waals surface area contributed by atoms with Gasteiger partial charge in [0, 0.05) is 11.8 Å². The van der Waals surface area contributed by atoms with Gasteiger partial charge in [-0.05, 0) is 24.3 Å². The standard InChI is InChI=1S/C9H6F2N2/c10-6-1-2-8(11)7(5-6)9-3-4-12-13-9/h1-5H,(H,12,13). The minimum atomic E-state index is -0.467. The first-order valence-electron chi connectivity index (χ1n) is 3.72. The molecule has 0 saturated heterocycles. The van der Waals surface area contributed by atoms with E-state index in [0.29, 0.717) is 5.69 Å². The molecule has 2 nitrogen and oxygen atoms in total. The lowest BCUT2D eigenvalue weighted by Crippen LogP contribution is -1.86. The van der Waals surface area contributed by atoms with Gasteiger partial charge < -0.3 is 0 Å². The fourth-order valence-electron chi connectivity index (χ4n) is 1.11. The van der Waals surface area contributed by atoms with E-state index >= 15 is 0 Å². The maximum Gasteiger partial charge on any atom is 0.132 e. The zero-order valence-corrected chi connectivity index (χ0v) is 6.59. The third-order valence-corrected chi connectivity index (χ3v) is 1.72. The molecule has 0 aliphatic carbocycles. The second-order valence-corrected chi connectivity index (χ2v) is 2.59. The van der Waals surface area contributed by atoms with Crippen LogP contribution >= 0.6 is 0 Å². The van der Waals surface area contributed by atoms with Gasteiger partial charge in [0.15, 0.2) is 0 Å². The molecule has 0 bridgehead atoms. The SMILES string of the molecule is Fc1ccc(F)c(-c2ccn[nH]2)c1. The van der Waals surface area contributed by atoms with Crippen LogP contribution in [-0.4, -0.2) is 10.2 Å². The third kappa shape index (κ3) is 1.42. The highest BCUT2D eigenvalue weighted by Gasteiger charge is 2.06. The van der Waals surface area contributed by atoms with Gasteiger partial charge in [-0.2, -0.15) is 5.10 Å². The maximum atomic E-state index is 13.1. The first kappa shape index (κ1) is 7.91. The Kier molecular flexibility index (Phi) is 1.81. The number of nitrogens with one attached hydrogen (secondary N) is 1. The summed E-state index contributed by atoms with van der Waals surface area (Å²) in [6, 6.07) is 4.88. The summed E-state index contributed by atoms with van der Waals surface area (Å²) in [6.45, 7) is 0. The van der Waals surface area contributed by atoms with Gasteiger partial charge in [0.1, 0.15) is 11.6 Å². The zero-order valence-electron chi connectivity index (χ0n) is 6.59. The number of aromatic nitrogens is 2. The summed E-state index contributed by atoms with van der Waals surface area (Å²) in [4.78, 5) is 0. The van der Waals surface area contributed by atoms with Crippen molar-refractivity contribution in [1.29, 1.82) is 0 Å². The number of rotatable bonds is 1. The van der Waals surface area contributed by atoms with Crippen LogP contribution in [0.1, 0.15) is 0 Å². The second-order valence-electron chi connectivity index (χ2n) is 2.59. The predicted octanol–water partition coefficient (Wildman–Crippen LogP) is 2.35. The summed E-state index contributed by atoms with van der Waals surface area (Å²) in [5.74, 6) is -0.934. The molecule has 66 valence electrons. The van der Waals surface area contributed by atoms with Gasteiger partial charge in [0.25, 0.3) is 0 Å². The van der Waals surface area contributed by atoms with Gasteiger partial charge in [0.2, 0.25) is 0 Å². The van der Waals surface area contributed by atoms with E-state index in [1.165, 1.54) is 6.20 Å². The molecule has 1 N–H and O–H groups in total. The van der Waals surface area contributed by atoms with Gasteiger partial charge in [-0.15, -0.1) is 0 Å². The molecule has 2 aromatic rings. The Morgan fingerprint density at radius 2 is 2.00 bits per heavy atom. The highest BCUT2D eigenvalue weighted by atomic mass is 19.1. The quantitative estimate of drug-likeness (QED) is 0.716. The smallest absolute Gasteiger partial charge is 0.132 e. The highest BCUT2D eigenvalue weighted by molar-refractivity contribution is 5.59. The molecule has 0 atom stereocenters. The summed E-state index contributed by atoms with van der Waals surface area (Å²) in [5, 5.41) is 6.22. The average Bonchev–Trinajstić information content (AvgIpc) is 2.61. The van der Waals surface area contributed by atoms with E-state index in [4.69, 9.17) is 0 Å². The molecule has 1 aromatic heterocycles. The normalized spacial score (nSPS) is 10.3. The molecule has 0 aliphatic heterocycles. The molecule has 1 aromatic carbocycles. The van der Waals surface area contributed by atoms with Crippen LogP contribution < -0.4 is 0 Å². The Balaban J connectivity index is 2.57. The van der Waals surface area contributed by atoms with Gasteiger partial charge >= 0.3 is 0 Å². The number of nitrogens with zero attached hydrogens (tertiary/aromatic N) is 1. The van der Waals surface area contributed by atoms with Crippen molar-refractivity contribution in [3.63, 3.8) is 0 Å². The van der Waals surface area contributed by atoms with Crippen molar-refractivity contribution in [2.75, 3.05) is 0 Å². The zero-order chi connectivity index (χ0) is 9.26. The number of halogens is 2. The summed E-state index contributed by atoms with van der Waals surface area (Å²) in [6.07, 6.45) is 1.49. The predicted molar refractivity (Wildman–Crippen MR) is 43.9 cm³/mol. The minimum absolute atomic E-state index is 0.192. The van der Waals surface area contributed by atoms with Crippen molar-refractivity contribution < 1.29 is 8.78 Å². The van der Waals surface area contributed by atoms with Crippen molar-refractivity contribution in [3.05, 3.63) is 42.1 Å². The number of hydrogen-bond acceptors (Lipinski definition) is 1. The van der Waals surface area contributed by atoms with Crippen molar-refractivity contribution in [2.24, 2.45) is 0 Å². The van der Waals surface area contributed by atoms with Gasteiger partial charge in [-0.1, -0.05) is 0 Å². The molecule has 0 radical (unpaired) electrons. The summed E-state index contributed by atoms with van der Waals surface area (Å²) < 4.78 is 25.9. The molecule has 0 aliphatic rings. The molecule has 2 rings (SSSR count). The van der Waals surface area contributed by atoms with Crippen LogP contribution in [0.2, 0.25) is 0 Å². The van der Waals surface area contributed by atoms with Crippen molar-refractivity contribution in [3.8, 4) is 11.3 Å². The van der Waals surface area contributed by atoms with Gasteiger partial charge in [-0.3, -0.25) is 5.10 Å². The molecule has 13 heavy (non-hydrogen) atoms. The molecule has 0 spiro atoms. The monoisotopic (exact) mass is 180 g/mol. The highest BCUT2D eigenvalue weighted by Crippen LogP contribution is 2.20. The molecule has 4 heteroatoms. The van der Waals surface area contributed by atoms with Gasteiger partial charge in [-0.25, -0.2) is 8.78 Å². The number of benzene rings is 1. The van der Waals surface area contributed by atoms with E-state index in [0.717, 1.165) is 18.2 Å². The van der Waals surface area contributed by atoms with Crippen LogP contribution in [0.5, 0.6) is 0 Å². The summed E-state index contributed by atoms with van der Waals surface area (Å²) in [7, 11) is 0. The number of hydrogen-bond donors (Lipinski definition) is 1.